The molecule has 0 radical (unpaired) electrons. The lowest BCUT2D eigenvalue weighted by Gasteiger charge is -1.97. The highest BCUT2D eigenvalue weighted by molar-refractivity contribution is 4.77. The Balaban J connectivity index is 0. The van der Waals surface area contributed by atoms with E-state index in [1.165, 1.54) is 12.4 Å². The van der Waals surface area contributed by atoms with Gasteiger partial charge in [0.25, 0.3) is 0 Å². The zero-order chi connectivity index (χ0) is 9.11. The Labute approximate surface area is 65.8 Å². The van der Waals surface area contributed by atoms with Gasteiger partial charge in [0.2, 0.25) is 0 Å². The fourth-order valence-electron chi connectivity index (χ4n) is 0.266. The number of nitrogens with one attached hydrogen (secondary N) is 1. The molecule has 0 bridgehead atoms. The van der Waals surface area contributed by atoms with Crippen molar-refractivity contribution in [1.29, 1.82) is 10.5 Å². The third-order valence-electron chi connectivity index (χ3n) is 0.520. The highest BCUT2D eigenvalue weighted by atomic mass is 16.5. The number of hydrogen-bond acceptors (Lipinski definition) is 5. The summed E-state index contributed by atoms with van der Waals surface area (Å²) in [5, 5.41) is 25.1. The van der Waals surface area contributed by atoms with E-state index in [2.05, 4.69) is 4.74 Å². The molecule has 0 rings (SSSR count). The van der Waals surface area contributed by atoms with Gasteiger partial charge in [-0.25, -0.2) is 5.32 Å². The molecule has 0 saturated carbocycles. The lowest BCUT2D eigenvalue weighted by Crippen LogP contribution is -2.07. The molecule has 11 heavy (non-hydrogen) atoms. The number of nitriles is 2. The Morgan fingerprint density at radius 2 is 2.00 bits per heavy atom. The number of aliphatic hydroxyl groups is 1. The summed E-state index contributed by atoms with van der Waals surface area (Å²) in [6.07, 6.45) is 2.49. The van der Waals surface area contributed by atoms with Crippen LogP contribution in [0.15, 0.2) is 0 Å². The molecule has 1 atom stereocenters. The van der Waals surface area contributed by atoms with Gasteiger partial charge >= 0.3 is 0 Å². The molecule has 0 amide bonds. The zero-order valence-corrected chi connectivity index (χ0v) is 6.53. The Kier molecular flexibility index (Phi) is 12.9. The van der Waals surface area contributed by atoms with Gasteiger partial charge in [0.15, 0.2) is 12.4 Å². The fourth-order valence-corrected chi connectivity index (χ4v) is 0.266. The van der Waals surface area contributed by atoms with Crippen molar-refractivity contribution in [2.24, 2.45) is 0 Å². The molecule has 62 valence electrons. The number of aliphatic hydroxyl groups excluding tert-OH is 1. The molecule has 0 aliphatic heterocycles. The maximum Gasteiger partial charge on any atom is 0.190 e. The molecule has 0 aromatic heterocycles. The normalized spacial score (nSPS) is 9.55. The van der Waals surface area contributed by atoms with Gasteiger partial charge in [-0.15, -0.1) is 0 Å². The van der Waals surface area contributed by atoms with E-state index in [1.54, 1.807) is 19.4 Å². The van der Waals surface area contributed by atoms with Gasteiger partial charge in [-0.3, -0.25) is 0 Å². The first kappa shape index (κ1) is 12.4. The summed E-state index contributed by atoms with van der Waals surface area (Å²) in [6.45, 7) is 2.11. The summed E-state index contributed by atoms with van der Waals surface area (Å²) < 4.78 is 4.55. The second-order valence-corrected chi connectivity index (χ2v) is 1.65. The highest BCUT2D eigenvalue weighted by Crippen LogP contribution is 1.75. The van der Waals surface area contributed by atoms with Crippen LogP contribution in [0.4, 0.5) is 0 Å². The monoisotopic (exact) mass is 157 g/mol. The van der Waals surface area contributed by atoms with Crippen LogP contribution in [0.1, 0.15) is 6.92 Å². The van der Waals surface area contributed by atoms with Gasteiger partial charge in [0.1, 0.15) is 0 Å². The molecule has 0 heterocycles. The van der Waals surface area contributed by atoms with Gasteiger partial charge in [0, 0.05) is 7.11 Å². The predicted molar refractivity (Wildman–Crippen MR) is 37.9 cm³/mol. The summed E-state index contributed by atoms with van der Waals surface area (Å²) in [4.78, 5) is 0. The van der Waals surface area contributed by atoms with Crippen molar-refractivity contribution in [1.82, 2.24) is 5.32 Å². The average Bonchev–Trinajstić information content (AvgIpc) is 1.90. The molecule has 0 aromatic rings. The standard InChI is InChI=1S/C4H10O2.C2HN3/c1-4(5)3-6-2;3-1-5-2-4/h4-5H,3H2,1-2H3;5H. The first-order valence-corrected chi connectivity index (χ1v) is 2.89. The van der Waals surface area contributed by atoms with Crippen molar-refractivity contribution in [2.45, 2.75) is 13.0 Å². The molecule has 0 spiro atoms. The van der Waals surface area contributed by atoms with Gasteiger partial charge in [-0.2, -0.15) is 10.5 Å². The molecule has 5 heteroatoms. The number of methoxy groups -OCH3 is 1. The van der Waals surface area contributed by atoms with Crippen LogP contribution in [0, 0.1) is 22.9 Å². The van der Waals surface area contributed by atoms with Crippen LogP contribution < -0.4 is 5.32 Å². The Morgan fingerprint density at radius 3 is 2.00 bits per heavy atom. The van der Waals surface area contributed by atoms with Crippen LogP contribution in [0.3, 0.4) is 0 Å². The third kappa shape index (κ3) is 28.5. The molecule has 2 N–H and O–H groups in total. The smallest absolute Gasteiger partial charge is 0.190 e. The lowest BCUT2D eigenvalue weighted by atomic mass is 10.5. The van der Waals surface area contributed by atoms with E-state index in [4.69, 9.17) is 15.6 Å². The topological polar surface area (TPSA) is 89.1 Å². The minimum absolute atomic E-state index is 0.324. The van der Waals surface area contributed by atoms with Crippen molar-refractivity contribution in [2.75, 3.05) is 13.7 Å². The van der Waals surface area contributed by atoms with Crippen LogP contribution in [0.5, 0.6) is 0 Å². The zero-order valence-electron chi connectivity index (χ0n) is 6.53. The molecule has 5 nitrogen and oxygen atoms in total. The summed E-state index contributed by atoms with van der Waals surface area (Å²) in [6, 6.07) is 0. The van der Waals surface area contributed by atoms with Gasteiger partial charge < -0.3 is 9.84 Å². The SMILES string of the molecule is COCC(C)O.N#CNC#N. The summed E-state index contributed by atoms with van der Waals surface area (Å²) in [5.41, 5.74) is 0. The summed E-state index contributed by atoms with van der Waals surface area (Å²) in [7, 11) is 1.56. The number of ether oxygens (including phenoxy) is 1. The maximum absolute atomic E-state index is 8.43. The molecule has 0 aliphatic carbocycles. The van der Waals surface area contributed by atoms with Crippen molar-refractivity contribution >= 4 is 0 Å². The number of rotatable bonds is 2. The molecular weight excluding hydrogens is 146 g/mol. The number of nitrogens with zero attached hydrogens (tertiary/aromatic N) is 2. The second kappa shape index (κ2) is 11.5. The van der Waals surface area contributed by atoms with Gasteiger partial charge in [-0.05, 0) is 6.92 Å². The molecule has 0 aromatic carbocycles. The van der Waals surface area contributed by atoms with Crippen LogP contribution in [0.25, 0.3) is 0 Å². The number of hydrogen-bond donors (Lipinski definition) is 2. The van der Waals surface area contributed by atoms with Crippen LogP contribution >= 0.6 is 0 Å². The van der Waals surface area contributed by atoms with E-state index >= 15 is 0 Å². The van der Waals surface area contributed by atoms with E-state index in [0.717, 1.165) is 0 Å². The van der Waals surface area contributed by atoms with Crippen molar-refractivity contribution in [3.05, 3.63) is 0 Å². The third-order valence-corrected chi connectivity index (χ3v) is 0.520. The van der Waals surface area contributed by atoms with Gasteiger partial charge in [-0.1, -0.05) is 0 Å². The van der Waals surface area contributed by atoms with Crippen molar-refractivity contribution in [3.8, 4) is 12.4 Å². The van der Waals surface area contributed by atoms with E-state index in [0.29, 0.717) is 6.61 Å². The molecule has 1 unspecified atom stereocenters. The second-order valence-electron chi connectivity index (χ2n) is 1.65. The fraction of sp³-hybridized carbons (Fsp3) is 0.667. The van der Waals surface area contributed by atoms with Crippen molar-refractivity contribution < 1.29 is 9.84 Å². The van der Waals surface area contributed by atoms with E-state index in [9.17, 15) is 0 Å². The molecule has 0 aliphatic rings. The first-order valence-electron chi connectivity index (χ1n) is 2.89. The first-order chi connectivity index (χ1) is 5.18. The largest absolute Gasteiger partial charge is 0.391 e. The average molecular weight is 157 g/mol. The summed E-state index contributed by atoms with van der Waals surface area (Å²) >= 11 is 0. The van der Waals surface area contributed by atoms with Gasteiger partial charge in [0.05, 0.1) is 12.7 Å². The Hall–Kier alpha value is -1.30. The highest BCUT2D eigenvalue weighted by Gasteiger charge is 1.87. The van der Waals surface area contributed by atoms with Crippen LogP contribution in [-0.2, 0) is 4.74 Å². The van der Waals surface area contributed by atoms with E-state index in [1.807, 2.05) is 0 Å². The minimum atomic E-state index is -0.324. The van der Waals surface area contributed by atoms with E-state index < -0.39 is 0 Å². The minimum Gasteiger partial charge on any atom is -0.391 e. The maximum atomic E-state index is 8.43. The predicted octanol–water partition coefficient (Wildman–Crippen LogP) is -0.448. The summed E-state index contributed by atoms with van der Waals surface area (Å²) in [5.74, 6) is 0. The molecule has 0 fully saturated rings. The van der Waals surface area contributed by atoms with E-state index in [-0.39, 0.29) is 6.10 Å². The molecule has 0 saturated heterocycles. The van der Waals surface area contributed by atoms with Crippen LogP contribution in [-0.4, -0.2) is 24.9 Å². The van der Waals surface area contributed by atoms with Crippen molar-refractivity contribution in [3.63, 3.8) is 0 Å². The lowest BCUT2D eigenvalue weighted by molar-refractivity contribution is 0.0765. The Bertz CT molecular complexity index is 133. The molecular formula is C6H11N3O2. The van der Waals surface area contributed by atoms with Crippen LogP contribution in [0.2, 0.25) is 0 Å². The quantitative estimate of drug-likeness (QED) is 0.418. The Morgan fingerprint density at radius 1 is 1.55 bits per heavy atom.